The van der Waals surface area contributed by atoms with Crippen LogP contribution in [0.25, 0.3) is 16.7 Å². The zero-order valence-corrected chi connectivity index (χ0v) is 16.4. The van der Waals surface area contributed by atoms with E-state index >= 15 is 0 Å². The number of hydrogen-bond donors (Lipinski definition) is 0. The molecule has 0 aromatic heterocycles. The van der Waals surface area contributed by atoms with E-state index in [0.29, 0.717) is 0 Å². The van der Waals surface area contributed by atoms with Gasteiger partial charge < -0.3 is 0 Å². The maximum absolute atomic E-state index is 3.73. The minimum Gasteiger partial charge on any atom is -0.0804 e. The van der Waals surface area contributed by atoms with E-state index in [1.54, 1.807) is 0 Å². The van der Waals surface area contributed by atoms with E-state index in [9.17, 15) is 0 Å². The lowest BCUT2D eigenvalue weighted by molar-refractivity contribution is 1.34. The fourth-order valence-corrected chi connectivity index (χ4v) is 4.08. The van der Waals surface area contributed by atoms with E-state index in [-0.39, 0.29) is 0 Å². The summed E-state index contributed by atoms with van der Waals surface area (Å²) in [5.41, 5.74) is 10.5. The molecule has 0 amide bonds. The first-order chi connectivity index (χ1) is 11.5. The maximum atomic E-state index is 3.73. The normalized spacial score (nSPS) is 14.6. The molecule has 2 aromatic carbocycles. The van der Waals surface area contributed by atoms with E-state index in [2.05, 4.69) is 98.3 Å². The quantitative estimate of drug-likeness (QED) is 0.509. The van der Waals surface area contributed by atoms with Crippen molar-refractivity contribution in [1.29, 1.82) is 0 Å². The molecule has 1 heteroatoms. The van der Waals surface area contributed by atoms with Gasteiger partial charge in [0, 0.05) is 4.47 Å². The van der Waals surface area contributed by atoms with Crippen LogP contribution < -0.4 is 0 Å². The SMILES string of the molecule is CC1=CCC=CC(C)=C1c1cc(Br)cc(-c2c(C)cccc2C)c1. The van der Waals surface area contributed by atoms with Gasteiger partial charge in [0.05, 0.1) is 0 Å². The first kappa shape index (κ1) is 17.0. The monoisotopic (exact) mass is 378 g/mol. The minimum absolute atomic E-state index is 1.00. The first-order valence-electron chi connectivity index (χ1n) is 8.39. The van der Waals surface area contributed by atoms with Crippen molar-refractivity contribution in [3.8, 4) is 11.1 Å². The lowest BCUT2D eigenvalue weighted by Crippen LogP contribution is -1.93. The second-order valence-electron chi connectivity index (χ2n) is 6.58. The topological polar surface area (TPSA) is 0 Å². The average molecular weight is 379 g/mol. The third-order valence-corrected chi connectivity index (χ3v) is 5.13. The van der Waals surface area contributed by atoms with Crippen LogP contribution in [-0.4, -0.2) is 0 Å². The Balaban J connectivity index is 2.23. The Morgan fingerprint density at radius 2 is 1.54 bits per heavy atom. The Morgan fingerprint density at radius 1 is 0.875 bits per heavy atom. The van der Waals surface area contributed by atoms with Gasteiger partial charge >= 0.3 is 0 Å². The Hall–Kier alpha value is -1.86. The number of halogens is 1. The lowest BCUT2D eigenvalue weighted by Gasteiger charge is -2.16. The number of allylic oxidation sites excluding steroid dienone is 6. The summed E-state index contributed by atoms with van der Waals surface area (Å²) in [6, 6.07) is 13.3. The number of aryl methyl sites for hydroxylation is 2. The summed E-state index contributed by atoms with van der Waals surface area (Å²) in [5.74, 6) is 0. The summed E-state index contributed by atoms with van der Waals surface area (Å²) < 4.78 is 1.12. The number of benzene rings is 2. The summed E-state index contributed by atoms with van der Waals surface area (Å²) in [7, 11) is 0. The molecule has 122 valence electrons. The van der Waals surface area contributed by atoms with Gasteiger partial charge in [0.25, 0.3) is 0 Å². The molecule has 2 aromatic rings. The molecule has 0 saturated heterocycles. The van der Waals surface area contributed by atoms with Crippen LogP contribution in [0.5, 0.6) is 0 Å². The summed E-state index contributed by atoms with van der Waals surface area (Å²) in [6.07, 6.45) is 7.78. The standard InChI is InChI=1S/C23H23Br/c1-15-8-5-6-9-16(2)22(15)19-12-20(14-21(24)13-19)23-17(3)10-7-11-18(23)4/h5,7-14H,6H2,1-4H3. The molecule has 0 aliphatic heterocycles. The van der Waals surface area contributed by atoms with Crippen LogP contribution in [0, 0.1) is 13.8 Å². The molecule has 1 aliphatic carbocycles. The zero-order valence-electron chi connectivity index (χ0n) is 14.8. The molecular weight excluding hydrogens is 356 g/mol. The van der Waals surface area contributed by atoms with Gasteiger partial charge in [-0.05, 0) is 96.9 Å². The van der Waals surface area contributed by atoms with Crippen molar-refractivity contribution in [2.45, 2.75) is 34.1 Å². The van der Waals surface area contributed by atoms with Crippen molar-refractivity contribution in [3.63, 3.8) is 0 Å². The molecule has 0 bridgehead atoms. The van der Waals surface area contributed by atoms with Crippen LogP contribution in [0.4, 0.5) is 0 Å². The van der Waals surface area contributed by atoms with Crippen LogP contribution in [0.1, 0.15) is 37.0 Å². The number of hydrogen-bond acceptors (Lipinski definition) is 0. The summed E-state index contributed by atoms with van der Waals surface area (Å²) in [4.78, 5) is 0. The highest BCUT2D eigenvalue weighted by Gasteiger charge is 2.13. The van der Waals surface area contributed by atoms with E-state index in [0.717, 1.165) is 10.9 Å². The smallest absolute Gasteiger partial charge is 0.0187 e. The van der Waals surface area contributed by atoms with Gasteiger partial charge in [0.15, 0.2) is 0 Å². The largest absolute Gasteiger partial charge is 0.0804 e. The molecule has 0 spiro atoms. The van der Waals surface area contributed by atoms with Crippen LogP contribution in [-0.2, 0) is 0 Å². The van der Waals surface area contributed by atoms with Crippen LogP contribution >= 0.6 is 15.9 Å². The van der Waals surface area contributed by atoms with E-state index in [1.165, 1.54) is 44.5 Å². The predicted octanol–water partition coefficient (Wildman–Crippen LogP) is 7.41. The van der Waals surface area contributed by atoms with Gasteiger partial charge in [-0.1, -0.05) is 52.4 Å². The van der Waals surface area contributed by atoms with Crippen LogP contribution in [0.15, 0.2) is 70.2 Å². The van der Waals surface area contributed by atoms with Crippen molar-refractivity contribution in [2.24, 2.45) is 0 Å². The molecule has 0 N–H and O–H groups in total. The van der Waals surface area contributed by atoms with E-state index < -0.39 is 0 Å². The summed E-state index contributed by atoms with van der Waals surface area (Å²) >= 11 is 3.73. The molecule has 1 aliphatic rings. The first-order valence-corrected chi connectivity index (χ1v) is 9.19. The lowest BCUT2D eigenvalue weighted by atomic mass is 9.90. The molecular formula is C23H23Br. The van der Waals surface area contributed by atoms with Crippen molar-refractivity contribution in [1.82, 2.24) is 0 Å². The summed E-state index contributed by atoms with van der Waals surface area (Å²) in [6.45, 7) is 8.79. The highest BCUT2D eigenvalue weighted by Crippen LogP contribution is 2.36. The molecule has 0 unspecified atom stereocenters. The van der Waals surface area contributed by atoms with Crippen molar-refractivity contribution < 1.29 is 0 Å². The fraction of sp³-hybridized carbons (Fsp3) is 0.217. The van der Waals surface area contributed by atoms with E-state index in [4.69, 9.17) is 0 Å². The second-order valence-corrected chi connectivity index (χ2v) is 7.49. The third-order valence-electron chi connectivity index (χ3n) is 4.67. The van der Waals surface area contributed by atoms with Gasteiger partial charge in [0.1, 0.15) is 0 Å². The highest BCUT2D eigenvalue weighted by molar-refractivity contribution is 9.10. The third kappa shape index (κ3) is 3.32. The Labute approximate surface area is 153 Å². The molecule has 0 atom stereocenters. The molecule has 0 radical (unpaired) electrons. The van der Waals surface area contributed by atoms with Gasteiger partial charge in [0.2, 0.25) is 0 Å². The Morgan fingerprint density at radius 3 is 2.25 bits per heavy atom. The van der Waals surface area contributed by atoms with Crippen molar-refractivity contribution >= 4 is 21.5 Å². The van der Waals surface area contributed by atoms with Gasteiger partial charge in [-0.25, -0.2) is 0 Å². The van der Waals surface area contributed by atoms with E-state index in [1.807, 2.05) is 0 Å². The van der Waals surface area contributed by atoms with Gasteiger partial charge in [-0.3, -0.25) is 0 Å². The summed E-state index contributed by atoms with van der Waals surface area (Å²) in [5, 5.41) is 0. The fourth-order valence-electron chi connectivity index (χ4n) is 3.59. The number of rotatable bonds is 2. The predicted molar refractivity (Wildman–Crippen MR) is 109 cm³/mol. The van der Waals surface area contributed by atoms with Crippen molar-refractivity contribution in [3.05, 3.63) is 86.9 Å². The average Bonchev–Trinajstić information content (AvgIpc) is 2.67. The maximum Gasteiger partial charge on any atom is 0.0187 e. The molecule has 0 fully saturated rings. The molecule has 0 nitrogen and oxygen atoms in total. The Bertz CT molecular complexity index is 859. The second kappa shape index (κ2) is 6.94. The minimum atomic E-state index is 1.00. The van der Waals surface area contributed by atoms with Gasteiger partial charge in [-0.15, -0.1) is 0 Å². The van der Waals surface area contributed by atoms with Crippen LogP contribution in [0.2, 0.25) is 0 Å². The molecule has 24 heavy (non-hydrogen) atoms. The van der Waals surface area contributed by atoms with Crippen LogP contribution in [0.3, 0.4) is 0 Å². The highest BCUT2D eigenvalue weighted by atomic mass is 79.9. The zero-order chi connectivity index (χ0) is 17.3. The molecule has 0 heterocycles. The molecule has 3 rings (SSSR count). The Kier molecular flexibility index (Phi) is 4.91. The molecule has 0 saturated carbocycles. The van der Waals surface area contributed by atoms with Crippen molar-refractivity contribution in [2.75, 3.05) is 0 Å². The van der Waals surface area contributed by atoms with Gasteiger partial charge in [-0.2, -0.15) is 0 Å².